The molecule has 1 aromatic heterocycles. The maximum Gasteiger partial charge on any atom is 0.257 e. The number of nitrogens with zero attached hydrogens (tertiary/aromatic N) is 1. The standard InChI is InChI=1S/C23H18FN3O2S/c1-13-3-10-20-19(11-13)25-22(29-20)16-5-4-14(2)18(12-16)26-23(30)27-21(28)15-6-8-17(24)9-7-15/h3-12H,1-2H3,(H2,26,27,28,30). The number of thiocarbonyl (C=S) groups is 1. The van der Waals surface area contributed by atoms with Gasteiger partial charge in [-0.05, 0) is 85.7 Å². The van der Waals surface area contributed by atoms with Gasteiger partial charge in [0.25, 0.3) is 5.91 Å². The van der Waals surface area contributed by atoms with Crippen LogP contribution in [0.5, 0.6) is 0 Å². The molecule has 0 aliphatic carbocycles. The molecule has 0 saturated heterocycles. The van der Waals surface area contributed by atoms with Crippen molar-refractivity contribution in [3.05, 3.63) is 83.2 Å². The van der Waals surface area contributed by atoms with E-state index in [0.29, 0.717) is 17.0 Å². The van der Waals surface area contributed by atoms with Crippen LogP contribution in [-0.2, 0) is 0 Å². The molecule has 3 aromatic carbocycles. The molecular weight excluding hydrogens is 401 g/mol. The number of carbonyl (C=O) groups excluding carboxylic acids is 1. The van der Waals surface area contributed by atoms with E-state index in [1.54, 1.807) is 0 Å². The first-order valence-corrected chi connectivity index (χ1v) is 9.66. The summed E-state index contributed by atoms with van der Waals surface area (Å²) < 4.78 is 18.9. The van der Waals surface area contributed by atoms with Gasteiger partial charge >= 0.3 is 0 Å². The zero-order chi connectivity index (χ0) is 21.3. The third kappa shape index (κ3) is 4.21. The molecule has 4 aromatic rings. The van der Waals surface area contributed by atoms with Crippen LogP contribution in [-0.4, -0.2) is 16.0 Å². The Hall–Kier alpha value is -3.58. The molecule has 0 bridgehead atoms. The lowest BCUT2D eigenvalue weighted by molar-refractivity contribution is 0.0977. The zero-order valence-electron chi connectivity index (χ0n) is 16.3. The highest BCUT2D eigenvalue weighted by Crippen LogP contribution is 2.28. The van der Waals surface area contributed by atoms with Crippen molar-refractivity contribution in [1.29, 1.82) is 0 Å². The van der Waals surface area contributed by atoms with Crippen molar-refractivity contribution in [2.45, 2.75) is 13.8 Å². The van der Waals surface area contributed by atoms with Crippen LogP contribution in [0.2, 0.25) is 0 Å². The van der Waals surface area contributed by atoms with Gasteiger partial charge in [0, 0.05) is 16.8 Å². The highest BCUT2D eigenvalue weighted by atomic mass is 32.1. The normalized spacial score (nSPS) is 10.8. The smallest absolute Gasteiger partial charge is 0.257 e. The van der Waals surface area contributed by atoms with Gasteiger partial charge in [0.15, 0.2) is 10.7 Å². The van der Waals surface area contributed by atoms with Gasteiger partial charge in [0.1, 0.15) is 11.3 Å². The molecule has 1 heterocycles. The van der Waals surface area contributed by atoms with Crippen molar-refractivity contribution < 1.29 is 13.6 Å². The number of hydrogen-bond donors (Lipinski definition) is 2. The fourth-order valence-corrected chi connectivity index (χ4v) is 3.18. The first-order chi connectivity index (χ1) is 14.4. The molecule has 0 aliphatic heterocycles. The monoisotopic (exact) mass is 419 g/mol. The minimum atomic E-state index is -0.421. The van der Waals surface area contributed by atoms with Gasteiger partial charge in [0.2, 0.25) is 5.89 Å². The first-order valence-electron chi connectivity index (χ1n) is 9.25. The lowest BCUT2D eigenvalue weighted by Gasteiger charge is -2.12. The number of aromatic nitrogens is 1. The minimum Gasteiger partial charge on any atom is -0.436 e. The van der Waals surface area contributed by atoms with Crippen LogP contribution in [0.3, 0.4) is 0 Å². The average molecular weight is 419 g/mol. The molecule has 5 nitrogen and oxygen atoms in total. The number of benzene rings is 3. The third-order valence-electron chi connectivity index (χ3n) is 4.61. The van der Waals surface area contributed by atoms with Gasteiger partial charge in [-0.15, -0.1) is 0 Å². The molecule has 150 valence electrons. The Balaban J connectivity index is 1.53. The predicted molar refractivity (Wildman–Crippen MR) is 119 cm³/mol. The van der Waals surface area contributed by atoms with Crippen molar-refractivity contribution in [3.8, 4) is 11.5 Å². The first kappa shape index (κ1) is 19.7. The van der Waals surface area contributed by atoms with E-state index in [4.69, 9.17) is 16.6 Å². The summed E-state index contributed by atoms with van der Waals surface area (Å²) in [5, 5.41) is 5.77. The van der Waals surface area contributed by atoms with Crippen LogP contribution in [0.15, 0.2) is 65.1 Å². The van der Waals surface area contributed by atoms with E-state index in [2.05, 4.69) is 15.6 Å². The topological polar surface area (TPSA) is 67.2 Å². The summed E-state index contributed by atoms with van der Waals surface area (Å²) in [6.45, 7) is 3.93. The molecule has 0 fully saturated rings. The SMILES string of the molecule is Cc1ccc2oc(-c3ccc(C)c(NC(=S)NC(=O)c4ccc(F)cc4)c3)nc2c1. The number of nitrogens with one attached hydrogen (secondary N) is 2. The Morgan fingerprint density at radius 1 is 1.03 bits per heavy atom. The number of carbonyl (C=O) groups is 1. The second-order valence-electron chi connectivity index (χ2n) is 6.94. The molecule has 0 radical (unpaired) electrons. The van der Waals surface area contributed by atoms with Crippen LogP contribution in [0, 0.1) is 19.7 Å². The van der Waals surface area contributed by atoms with Crippen LogP contribution in [0.25, 0.3) is 22.6 Å². The quantitative estimate of drug-likeness (QED) is 0.437. The highest BCUT2D eigenvalue weighted by molar-refractivity contribution is 7.80. The van der Waals surface area contributed by atoms with E-state index < -0.39 is 11.7 Å². The Morgan fingerprint density at radius 3 is 2.57 bits per heavy atom. The van der Waals surface area contributed by atoms with E-state index in [0.717, 1.165) is 27.9 Å². The van der Waals surface area contributed by atoms with Gasteiger partial charge in [-0.25, -0.2) is 9.37 Å². The number of halogens is 1. The minimum absolute atomic E-state index is 0.137. The number of hydrogen-bond acceptors (Lipinski definition) is 4. The Bertz CT molecular complexity index is 1270. The second kappa shape index (κ2) is 8.04. The molecule has 7 heteroatoms. The molecule has 2 N–H and O–H groups in total. The van der Waals surface area contributed by atoms with Gasteiger partial charge in [-0.2, -0.15) is 0 Å². The van der Waals surface area contributed by atoms with Crippen molar-refractivity contribution in [2.24, 2.45) is 0 Å². The van der Waals surface area contributed by atoms with E-state index in [1.807, 2.05) is 50.2 Å². The number of rotatable bonds is 3. The van der Waals surface area contributed by atoms with Gasteiger partial charge in [0.05, 0.1) is 0 Å². The molecule has 4 rings (SSSR count). The van der Waals surface area contributed by atoms with Crippen LogP contribution in [0.1, 0.15) is 21.5 Å². The number of fused-ring (bicyclic) bond motifs is 1. The Labute approximate surface area is 177 Å². The zero-order valence-corrected chi connectivity index (χ0v) is 17.1. The lowest BCUT2D eigenvalue weighted by atomic mass is 10.1. The highest BCUT2D eigenvalue weighted by Gasteiger charge is 2.12. The fourth-order valence-electron chi connectivity index (χ4n) is 2.98. The Morgan fingerprint density at radius 2 is 1.80 bits per heavy atom. The predicted octanol–water partition coefficient (Wildman–Crippen LogP) is 5.38. The largest absolute Gasteiger partial charge is 0.436 e. The molecule has 1 amide bonds. The van der Waals surface area contributed by atoms with Gasteiger partial charge in [-0.1, -0.05) is 12.1 Å². The second-order valence-corrected chi connectivity index (χ2v) is 7.34. The van der Waals surface area contributed by atoms with Crippen molar-refractivity contribution in [3.63, 3.8) is 0 Å². The third-order valence-corrected chi connectivity index (χ3v) is 4.81. The van der Waals surface area contributed by atoms with Gasteiger partial charge < -0.3 is 9.73 Å². The maximum atomic E-state index is 13.0. The summed E-state index contributed by atoms with van der Waals surface area (Å²) in [5.74, 6) is -0.329. The van der Waals surface area contributed by atoms with Crippen molar-refractivity contribution in [2.75, 3.05) is 5.32 Å². The molecule has 0 spiro atoms. The van der Waals surface area contributed by atoms with Crippen molar-refractivity contribution >= 4 is 40.0 Å². The molecule has 0 unspecified atom stereocenters. The summed E-state index contributed by atoms with van der Waals surface area (Å²) in [4.78, 5) is 16.8. The molecule has 30 heavy (non-hydrogen) atoms. The number of anilines is 1. The van der Waals surface area contributed by atoms with Crippen LogP contribution in [0.4, 0.5) is 10.1 Å². The lowest BCUT2D eigenvalue weighted by Crippen LogP contribution is -2.34. The van der Waals surface area contributed by atoms with Crippen LogP contribution >= 0.6 is 12.2 Å². The fraction of sp³-hybridized carbons (Fsp3) is 0.0870. The summed E-state index contributed by atoms with van der Waals surface area (Å²) in [7, 11) is 0. The van der Waals surface area contributed by atoms with Gasteiger partial charge in [-0.3, -0.25) is 10.1 Å². The summed E-state index contributed by atoms with van der Waals surface area (Å²) in [6.07, 6.45) is 0. The maximum absolute atomic E-state index is 13.0. The molecule has 0 atom stereocenters. The van der Waals surface area contributed by atoms with Crippen LogP contribution < -0.4 is 10.6 Å². The molecular formula is C23H18FN3O2S. The summed E-state index contributed by atoms with van der Waals surface area (Å²) >= 11 is 5.27. The Kier molecular flexibility index (Phi) is 5.29. The molecule has 0 aliphatic rings. The summed E-state index contributed by atoms with van der Waals surface area (Å²) in [6, 6.07) is 16.8. The van der Waals surface area contributed by atoms with Crippen molar-refractivity contribution in [1.82, 2.24) is 10.3 Å². The number of aryl methyl sites for hydroxylation is 2. The van der Waals surface area contributed by atoms with E-state index >= 15 is 0 Å². The number of oxazole rings is 1. The van der Waals surface area contributed by atoms with E-state index in [9.17, 15) is 9.18 Å². The molecule has 0 saturated carbocycles. The van der Waals surface area contributed by atoms with E-state index in [1.165, 1.54) is 24.3 Å². The summed E-state index contributed by atoms with van der Waals surface area (Å²) in [5.41, 5.74) is 5.36. The average Bonchev–Trinajstić information content (AvgIpc) is 3.13. The number of amides is 1. The van der Waals surface area contributed by atoms with E-state index in [-0.39, 0.29) is 5.11 Å².